The summed E-state index contributed by atoms with van der Waals surface area (Å²) in [5.74, 6) is 2.55. The normalized spacial score (nSPS) is 9.65. The molecule has 2 rings (SSSR count). The standard InChI is InChI=1S/C16H12O/c1-3-13-6-10-15(11-7-13)16(17)14-8-4-12(2)5-9-14/h1,4-11H,2H3. The summed E-state index contributed by atoms with van der Waals surface area (Å²) in [6, 6.07) is 14.6. The number of aryl methyl sites for hydroxylation is 1. The van der Waals surface area contributed by atoms with Crippen molar-refractivity contribution >= 4 is 5.78 Å². The molecule has 0 aliphatic carbocycles. The second-order valence-electron chi connectivity index (χ2n) is 3.92. The van der Waals surface area contributed by atoms with Gasteiger partial charge < -0.3 is 0 Å². The molecule has 0 unspecified atom stereocenters. The van der Waals surface area contributed by atoms with E-state index < -0.39 is 0 Å². The number of terminal acetylenes is 1. The van der Waals surface area contributed by atoms with E-state index in [0.29, 0.717) is 11.1 Å². The Labute approximate surface area is 101 Å². The summed E-state index contributed by atoms with van der Waals surface area (Å²) in [5, 5.41) is 0. The molecule has 2 aromatic carbocycles. The lowest BCUT2D eigenvalue weighted by molar-refractivity contribution is 0.103. The van der Waals surface area contributed by atoms with Crippen LogP contribution in [-0.4, -0.2) is 5.78 Å². The maximum absolute atomic E-state index is 12.1. The topological polar surface area (TPSA) is 17.1 Å². The Hall–Kier alpha value is -2.33. The zero-order valence-electron chi connectivity index (χ0n) is 9.60. The summed E-state index contributed by atoms with van der Waals surface area (Å²) < 4.78 is 0. The number of carbonyl (C=O) groups excluding carboxylic acids is 1. The van der Waals surface area contributed by atoms with E-state index >= 15 is 0 Å². The minimum absolute atomic E-state index is 0.0218. The number of hydrogen-bond acceptors (Lipinski definition) is 1. The molecule has 0 saturated carbocycles. The third-order valence-electron chi connectivity index (χ3n) is 2.63. The van der Waals surface area contributed by atoms with Crippen molar-refractivity contribution in [1.82, 2.24) is 0 Å². The van der Waals surface area contributed by atoms with Crippen molar-refractivity contribution in [2.75, 3.05) is 0 Å². The number of carbonyl (C=O) groups is 1. The Morgan fingerprint density at radius 1 is 0.941 bits per heavy atom. The summed E-state index contributed by atoms with van der Waals surface area (Å²) in [6.07, 6.45) is 5.27. The first-order chi connectivity index (χ1) is 8.20. The van der Waals surface area contributed by atoms with E-state index in [1.165, 1.54) is 0 Å². The van der Waals surface area contributed by atoms with Crippen LogP contribution >= 0.6 is 0 Å². The van der Waals surface area contributed by atoms with E-state index in [2.05, 4.69) is 5.92 Å². The monoisotopic (exact) mass is 220 g/mol. The molecule has 82 valence electrons. The molecule has 0 bridgehead atoms. The van der Waals surface area contributed by atoms with Crippen molar-refractivity contribution in [2.45, 2.75) is 6.92 Å². The van der Waals surface area contributed by atoms with Crippen molar-refractivity contribution in [1.29, 1.82) is 0 Å². The molecule has 0 aromatic heterocycles. The first-order valence-corrected chi connectivity index (χ1v) is 5.39. The fraction of sp³-hybridized carbons (Fsp3) is 0.0625. The van der Waals surface area contributed by atoms with Gasteiger partial charge in [-0.3, -0.25) is 4.79 Å². The van der Waals surface area contributed by atoms with Gasteiger partial charge in [0.25, 0.3) is 0 Å². The molecule has 17 heavy (non-hydrogen) atoms. The molecule has 1 heteroatoms. The highest BCUT2D eigenvalue weighted by Gasteiger charge is 2.07. The molecule has 0 amide bonds. The average Bonchev–Trinajstić information content (AvgIpc) is 2.39. The zero-order chi connectivity index (χ0) is 12.3. The summed E-state index contributed by atoms with van der Waals surface area (Å²) in [5.41, 5.74) is 3.28. The van der Waals surface area contributed by atoms with Gasteiger partial charge >= 0.3 is 0 Å². The highest BCUT2D eigenvalue weighted by atomic mass is 16.1. The molecule has 1 nitrogen and oxygen atoms in total. The van der Waals surface area contributed by atoms with Gasteiger partial charge in [-0.2, -0.15) is 0 Å². The third-order valence-corrected chi connectivity index (χ3v) is 2.63. The second kappa shape index (κ2) is 4.67. The van der Waals surface area contributed by atoms with E-state index in [4.69, 9.17) is 6.42 Å². The fourth-order valence-electron chi connectivity index (χ4n) is 1.59. The van der Waals surface area contributed by atoms with Crippen LogP contribution in [-0.2, 0) is 0 Å². The molecule has 2 aromatic rings. The summed E-state index contributed by atoms with van der Waals surface area (Å²) >= 11 is 0. The molecule has 0 fully saturated rings. The molecule has 0 N–H and O–H groups in total. The highest BCUT2D eigenvalue weighted by Crippen LogP contribution is 2.11. The molecule has 0 saturated heterocycles. The summed E-state index contributed by atoms with van der Waals surface area (Å²) in [6.45, 7) is 2.00. The van der Waals surface area contributed by atoms with Crippen molar-refractivity contribution in [2.24, 2.45) is 0 Å². The summed E-state index contributed by atoms with van der Waals surface area (Å²) in [7, 11) is 0. The smallest absolute Gasteiger partial charge is 0.193 e. The average molecular weight is 220 g/mol. The summed E-state index contributed by atoms with van der Waals surface area (Å²) in [4.78, 5) is 12.1. The predicted octanol–water partition coefficient (Wildman–Crippen LogP) is 3.21. The fourth-order valence-corrected chi connectivity index (χ4v) is 1.59. The van der Waals surface area contributed by atoms with Crippen LogP contribution in [0.15, 0.2) is 48.5 Å². The minimum atomic E-state index is 0.0218. The van der Waals surface area contributed by atoms with Gasteiger partial charge in [-0.1, -0.05) is 35.7 Å². The van der Waals surface area contributed by atoms with Crippen LogP contribution in [0.5, 0.6) is 0 Å². The molecule has 0 aliphatic heterocycles. The predicted molar refractivity (Wildman–Crippen MR) is 69.0 cm³/mol. The first kappa shape index (κ1) is 11.2. The lowest BCUT2D eigenvalue weighted by atomic mass is 10.0. The molecular weight excluding hydrogens is 208 g/mol. The largest absolute Gasteiger partial charge is 0.289 e. The molecule has 0 spiro atoms. The number of benzene rings is 2. The van der Waals surface area contributed by atoms with E-state index in [-0.39, 0.29) is 5.78 Å². The van der Waals surface area contributed by atoms with Crippen molar-refractivity contribution in [3.63, 3.8) is 0 Å². The van der Waals surface area contributed by atoms with Gasteiger partial charge in [-0.25, -0.2) is 0 Å². The lowest BCUT2D eigenvalue weighted by Crippen LogP contribution is -2.00. The minimum Gasteiger partial charge on any atom is -0.289 e. The van der Waals surface area contributed by atoms with Crippen LogP contribution in [0, 0.1) is 19.3 Å². The van der Waals surface area contributed by atoms with Gasteiger partial charge in [0.1, 0.15) is 0 Å². The van der Waals surface area contributed by atoms with Crippen LogP contribution < -0.4 is 0 Å². The molecule has 0 aliphatic rings. The molecule has 0 atom stereocenters. The molecule has 0 radical (unpaired) electrons. The van der Waals surface area contributed by atoms with Gasteiger partial charge in [0.2, 0.25) is 0 Å². The number of ketones is 1. The zero-order valence-corrected chi connectivity index (χ0v) is 9.60. The first-order valence-electron chi connectivity index (χ1n) is 5.39. The van der Waals surface area contributed by atoms with Gasteiger partial charge in [-0.05, 0) is 31.2 Å². The van der Waals surface area contributed by atoms with Crippen LogP contribution in [0.4, 0.5) is 0 Å². The Bertz CT molecular complexity index is 568. The van der Waals surface area contributed by atoms with Gasteiger partial charge in [0, 0.05) is 16.7 Å². The maximum Gasteiger partial charge on any atom is 0.193 e. The van der Waals surface area contributed by atoms with Crippen LogP contribution in [0.25, 0.3) is 0 Å². The second-order valence-corrected chi connectivity index (χ2v) is 3.92. The number of rotatable bonds is 2. The Morgan fingerprint density at radius 2 is 1.41 bits per heavy atom. The van der Waals surface area contributed by atoms with E-state index in [9.17, 15) is 4.79 Å². The lowest BCUT2D eigenvalue weighted by Gasteiger charge is -2.02. The van der Waals surface area contributed by atoms with Crippen molar-refractivity contribution in [3.8, 4) is 12.3 Å². The third kappa shape index (κ3) is 2.43. The quantitative estimate of drug-likeness (QED) is 0.561. The van der Waals surface area contributed by atoms with Gasteiger partial charge in [0.05, 0.1) is 0 Å². The van der Waals surface area contributed by atoms with Crippen LogP contribution in [0.1, 0.15) is 27.0 Å². The Morgan fingerprint density at radius 3 is 1.88 bits per heavy atom. The SMILES string of the molecule is C#Cc1ccc(C(=O)c2ccc(C)cc2)cc1. The van der Waals surface area contributed by atoms with Crippen molar-refractivity contribution in [3.05, 3.63) is 70.8 Å². The van der Waals surface area contributed by atoms with Crippen LogP contribution in [0.3, 0.4) is 0 Å². The van der Waals surface area contributed by atoms with E-state index in [1.807, 2.05) is 31.2 Å². The Balaban J connectivity index is 2.31. The Kier molecular flexibility index (Phi) is 3.07. The number of hydrogen-bond donors (Lipinski definition) is 0. The van der Waals surface area contributed by atoms with Crippen LogP contribution in [0.2, 0.25) is 0 Å². The van der Waals surface area contributed by atoms with E-state index in [1.54, 1.807) is 24.3 Å². The highest BCUT2D eigenvalue weighted by molar-refractivity contribution is 6.09. The van der Waals surface area contributed by atoms with Gasteiger partial charge in [-0.15, -0.1) is 6.42 Å². The van der Waals surface area contributed by atoms with Gasteiger partial charge in [0.15, 0.2) is 5.78 Å². The molecule has 0 heterocycles. The van der Waals surface area contributed by atoms with E-state index in [0.717, 1.165) is 11.1 Å². The maximum atomic E-state index is 12.1. The van der Waals surface area contributed by atoms with Crippen molar-refractivity contribution < 1.29 is 4.79 Å². The molecular formula is C16H12O.